The number of fused-ring (bicyclic) bond motifs is 3. The number of carboxylic acid groups (broad SMARTS) is 1. The Kier molecular flexibility index (Phi) is 6.05. The van der Waals surface area contributed by atoms with Gasteiger partial charge in [-0.3, -0.25) is 9.59 Å². The van der Waals surface area contributed by atoms with Crippen molar-refractivity contribution in [2.45, 2.75) is 44.4 Å². The predicted octanol–water partition coefficient (Wildman–Crippen LogP) is 4.77. The minimum absolute atomic E-state index is 0.0990. The molecule has 1 aliphatic carbocycles. The fraction of sp³-hybridized carbons (Fsp3) is 0.364. The number of rotatable bonds is 9. The first-order chi connectivity index (χ1) is 12.7. The molecule has 0 fully saturated rings. The number of unbranched alkanes of at least 4 members (excludes halogenated alkanes) is 3. The van der Waals surface area contributed by atoms with E-state index in [9.17, 15) is 9.59 Å². The number of hydrogen-bond acceptors (Lipinski definition) is 3. The van der Waals surface area contributed by atoms with Crippen molar-refractivity contribution in [2.24, 2.45) is 0 Å². The summed E-state index contributed by atoms with van der Waals surface area (Å²) in [5.41, 5.74) is 4.88. The smallest absolute Gasteiger partial charge is 0.305 e. The van der Waals surface area contributed by atoms with E-state index >= 15 is 0 Å². The molecule has 0 heterocycles. The lowest BCUT2D eigenvalue weighted by Crippen LogP contribution is -2.12. The van der Waals surface area contributed by atoms with Crippen molar-refractivity contribution >= 4 is 11.9 Å². The Morgan fingerprint density at radius 1 is 0.808 bits per heavy atom. The van der Waals surface area contributed by atoms with Crippen LogP contribution in [0.15, 0.2) is 48.5 Å². The van der Waals surface area contributed by atoms with Crippen LogP contribution in [0.2, 0.25) is 0 Å². The molecule has 4 heteroatoms. The van der Waals surface area contributed by atoms with Gasteiger partial charge in [0.15, 0.2) is 0 Å². The third-order valence-corrected chi connectivity index (χ3v) is 4.90. The van der Waals surface area contributed by atoms with Gasteiger partial charge >= 0.3 is 11.9 Å². The lowest BCUT2D eigenvalue weighted by atomic mass is 9.98. The van der Waals surface area contributed by atoms with Gasteiger partial charge in [-0.05, 0) is 35.1 Å². The van der Waals surface area contributed by atoms with Gasteiger partial charge in [-0.2, -0.15) is 0 Å². The topological polar surface area (TPSA) is 63.6 Å². The van der Waals surface area contributed by atoms with Crippen molar-refractivity contribution in [3.63, 3.8) is 0 Å². The lowest BCUT2D eigenvalue weighted by Gasteiger charge is -2.14. The molecule has 0 bridgehead atoms. The Morgan fingerprint density at radius 3 is 1.92 bits per heavy atom. The number of carbonyl (C=O) groups is 2. The van der Waals surface area contributed by atoms with Gasteiger partial charge in [0.2, 0.25) is 0 Å². The highest BCUT2D eigenvalue weighted by atomic mass is 16.5. The Morgan fingerprint density at radius 2 is 1.35 bits per heavy atom. The summed E-state index contributed by atoms with van der Waals surface area (Å²) in [7, 11) is 0. The molecule has 1 N–H and O–H groups in total. The highest BCUT2D eigenvalue weighted by Gasteiger charge is 2.28. The van der Waals surface area contributed by atoms with Crippen LogP contribution < -0.4 is 0 Å². The second-order valence-electron chi connectivity index (χ2n) is 6.72. The van der Waals surface area contributed by atoms with Gasteiger partial charge < -0.3 is 9.84 Å². The Bertz CT molecular complexity index is 736. The summed E-state index contributed by atoms with van der Waals surface area (Å²) in [6, 6.07) is 16.6. The fourth-order valence-electron chi connectivity index (χ4n) is 3.59. The maximum atomic E-state index is 12.0. The van der Waals surface area contributed by atoms with E-state index in [0.717, 1.165) is 19.3 Å². The Labute approximate surface area is 153 Å². The van der Waals surface area contributed by atoms with Crippen LogP contribution in [0.5, 0.6) is 0 Å². The standard InChI is InChI=1S/C22H24O4/c23-21(24)13-3-1-2-4-14-22(25)26-15-20-18-11-7-5-9-16(18)17-10-6-8-12-19(17)20/h5-12,20H,1-4,13-15H2,(H,23,24). The molecule has 0 spiro atoms. The fourth-order valence-corrected chi connectivity index (χ4v) is 3.59. The van der Waals surface area contributed by atoms with Crippen molar-refractivity contribution in [3.8, 4) is 11.1 Å². The molecule has 4 nitrogen and oxygen atoms in total. The molecule has 0 saturated carbocycles. The number of carboxylic acids is 1. The summed E-state index contributed by atoms with van der Waals surface area (Å²) in [5, 5.41) is 8.60. The van der Waals surface area contributed by atoms with Crippen molar-refractivity contribution in [1.29, 1.82) is 0 Å². The van der Waals surface area contributed by atoms with Gasteiger partial charge in [-0.15, -0.1) is 0 Å². The minimum atomic E-state index is -0.762. The highest BCUT2D eigenvalue weighted by molar-refractivity contribution is 5.79. The SMILES string of the molecule is O=C(O)CCCCCCC(=O)OCC1c2ccccc2-c2ccccc21. The summed E-state index contributed by atoms with van der Waals surface area (Å²) < 4.78 is 5.55. The van der Waals surface area contributed by atoms with E-state index in [1.807, 2.05) is 24.3 Å². The van der Waals surface area contributed by atoms with E-state index < -0.39 is 5.97 Å². The molecule has 0 radical (unpaired) electrons. The zero-order valence-electron chi connectivity index (χ0n) is 14.8. The summed E-state index contributed by atoms with van der Waals surface area (Å²) in [5.74, 6) is -0.839. The van der Waals surface area contributed by atoms with Crippen LogP contribution in [-0.2, 0) is 14.3 Å². The van der Waals surface area contributed by atoms with Crippen molar-refractivity contribution in [2.75, 3.05) is 6.61 Å². The third kappa shape index (κ3) is 4.31. The molecular weight excluding hydrogens is 328 g/mol. The maximum absolute atomic E-state index is 12.0. The quantitative estimate of drug-likeness (QED) is 0.522. The molecule has 0 unspecified atom stereocenters. The van der Waals surface area contributed by atoms with E-state index in [2.05, 4.69) is 24.3 Å². The third-order valence-electron chi connectivity index (χ3n) is 4.90. The molecule has 3 rings (SSSR count). The molecule has 2 aromatic carbocycles. The van der Waals surface area contributed by atoms with Crippen molar-refractivity contribution in [3.05, 3.63) is 59.7 Å². The Hall–Kier alpha value is -2.62. The zero-order chi connectivity index (χ0) is 18.4. The molecule has 0 amide bonds. The number of benzene rings is 2. The van der Waals surface area contributed by atoms with Gasteiger partial charge in [0.1, 0.15) is 6.61 Å². The van der Waals surface area contributed by atoms with E-state index in [1.54, 1.807) is 0 Å². The summed E-state index contributed by atoms with van der Waals surface area (Å²) in [4.78, 5) is 22.5. The average Bonchev–Trinajstić information content (AvgIpc) is 2.96. The monoisotopic (exact) mass is 352 g/mol. The minimum Gasteiger partial charge on any atom is -0.481 e. The first kappa shape index (κ1) is 18.2. The van der Waals surface area contributed by atoms with Crippen LogP contribution in [0.25, 0.3) is 11.1 Å². The van der Waals surface area contributed by atoms with Crippen LogP contribution >= 0.6 is 0 Å². The largest absolute Gasteiger partial charge is 0.481 e. The second-order valence-corrected chi connectivity index (χ2v) is 6.72. The highest BCUT2D eigenvalue weighted by Crippen LogP contribution is 2.44. The first-order valence-electron chi connectivity index (χ1n) is 9.22. The van der Waals surface area contributed by atoms with Gasteiger partial charge in [0.05, 0.1) is 0 Å². The van der Waals surface area contributed by atoms with Crippen LogP contribution in [-0.4, -0.2) is 23.7 Å². The molecule has 136 valence electrons. The molecule has 0 atom stereocenters. The molecule has 2 aromatic rings. The molecule has 26 heavy (non-hydrogen) atoms. The van der Waals surface area contributed by atoms with E-state index in [0.29, 0.717) is 19.4 Å². The number of hydrogen-bond donors (Lipinski definition) is 1. The van der Waals surface area contributed by atoms with Crippen LogP contribution in [0, 0.1) is 0 Å². The van der Waals surface area contributed by atoms with Crippen LogP contribution in [0.1, 0.15) is 55.6 Å². The average molecular weight is 352 g/mol. The molecule has 0 aliphatic heterocycles. The number of esters is 1. The summed E-state index contributed by atoms with van der Waals surface area (Å²) in [6.07, 6.45) is 3.70. The van der Waals surface area contributed by atoms with Gasteiger partial charge in [0, 0.05) is 18.8 Å². The number of ether oxygens (including phenoxy) is 1. The zero-order valence-corrected chi connectivity index (χ0v) is 14.8. The van der Waals surface area contributed by atoms with Crippen LogP contribution in [0.4, 0.5) is 0 Å². The van der Waals surface area contributed by atoms with Crippen LogP contribution in [0.3, 0.4) is 0 Å². The Balaban J connectivity index is 1.49. The molecule has 1 aliphatic rings. The normalized spacial score (nSPS) is 12.5. The maximum Gasteiger partial charge on any atom is 0.305 e. The van der Waals surface area contributed by atoms with E-state index in [-0.39, 0.29) is 18.3 Å². The number of carbonyl (C=O) groups excluding carboxylic acids is 1. The molecule has 0 aromatic heterocycles. The summed E-state index contributed by atoms with van der Waals surface area (Å²) >= 11 is 0. The van der Waals surface area contributed by atoms with Crippen molar-refractivity contribution < 1.29 is 19.4 Å². The van der Waals surface area contributed by atoms with E-state index in [1.165, 1.54) is 22.3 Å². The molecular formula is C22H24O4. The lowest BCUT2D eigenvalue weighted by molar-refractivity contribution is -0.144. The second kappa shape index (κ2) is 8.65. The van der Waals surface area contributed by atoms with Gasteiger partial charge in [-0.25, -0.2) is 0 Å². The molecule has 0 saturated heterocycles. The predicted molar refractivity (Wildman–Crippen MR) is 100 cm³/mol. The van der Waals surface area contributed by atoms with Crippen molar-refractivity contribution in [1.82, 2.24) is 0 Å². The van der Waals surface area contributed by atoms with E-state index in [4.69, 9.17) is 9.84 Å². The number of aliphatic carboxylic acids is 1. The van der Waals surface area contributed by atoms with Gasteiger partial charge in [-0.1, -0.05) is 61.4 Å². The first-order valence-corrected chi connectivity index (χ1v) is 9.22. The van der Waals surface area contributed by atoms with Gasteiger partial charge in [0.25, 0.3) is 0 Å². The summed E-state index contributed by atoms with van der Waals surface area (Å²) in [6.45, 7) is 0.367.